The van der Waals surface area contributed by atoms with Gasteiger partial charge in [0.05, 0.1) is 6.20 Å². The van der Waals surface area contributed by atoms with Gasteiger partial charge in [-0.3, -0.25) is 15.6 Å². The third kappa shape index (κ3) is 1.10. The second kappa shape index (κ2) is 2.78. The van der Waals surface area contributed by atoms with Crippen LogP contribution >= 0.6 is 0 Å². The highest BCUT2D eigenvalue weighted by atomic mass is 16.4. The normalized spacial score (nSPS) is 21.8. The van der Waals surface area contributed by atoms with Crippen LogP contribution in [0.4, 0.5) is 5.88 Å². The molecule has 1 aliphatic rings. The Hall–Kier alpha value is -1.62. The highest BCUT2D eigenvalue weighted by molar-refractivity contribution is 5.73. The summed E-state index contributed by atoms with van der Waals surface area (Å²) >= 11 is 0. The summed E-state index contributed by atoms with van der Waals surface area (Å²) in [5.74, 6) is 0.593. The van der Waals surface area contributed by atoms with E-state index in [4.69, 9.17) is 10.2 Å². The van der Waals surface area contributed by atoms with E-state index in [0.29, 0.717) is 5.88 Å². The smallest absolute Gasteiger partial charge is 0.222 e. The lowest BCUT2D eigenvalue weighted by Crippen LogP contribution is -2.38. The van der Waals surface area contributed by atoms with Crippen LogP contribution in [0.25, 0.3) is 0 Å². The summed E-state index contributed by atoms with van der Waals surface area (Å²) in [7, 11) is 0. The molecule has 5 nitrogen and oxygen atoms in total. The number of oxazole rings is 1. The maximum Gasteiger partial charge on any atom is 0.222 e. The first-order valence-electron chi connectivity index (χ1n) is 3.50. The fraction of sp³-hybridized carbons (Fsp3) is 0.143. The summed E-state index contributed by atoms with van der Waals surface area (Å²) in [5.41, 5.74) is 5.66. The molecule has 0 aromatic carbocycles. The van der Waals surface area contributed by atoms with Crippen molar-refractivity contribution in [2.45, 2.75) is 6.29 Å². The number of hydrogen-bond donors (Lipinski definition) is 1. The van der Waals surface area contributed by atoms with Gasteiger partial charge in [0.25, 0.3) is 0 Å². The van der Waals surface area contributed by atoms with Gasteiger partial charge in [0, 0.05) is 12.4 Å². The van der Waals surface area contributed by atoms with Crippen molar-refractivity contribution in [3.63, 3.8) is 0 Å². The van der Waals surface area contributed by atoms with E-state index in [1.165, 1.54) is 6.39 Å². The molecule has 1 aromatic rings. The molecule has 12 heavy (non-hydrogen) atoms. The molecular weight excluding hydrogens is 156 g/mol. The Labute approximate surface area is 69.2 Å². The molecular formula is C7H8N4O. The standard InChI is InChI=1S/C7H8N4O/c8-7-10-2-1-3-11(7)6-4-9-5-12-6/h1-5,7H,8H2. The highest BCUT2D eigenvalue weighted by Gasteiger charge is 2.14. The van der Waals surface area contributed by atoms with Crippen molar-refractivity contribution in [2.75, 3.05) is 4.90 Å². The molecule has 1 aliphatic heterocycles. The van der Waals surface area contributed by atoms with Gasteiger partial charge in [0.15, 0.2) is 12.7 Å². The van der Waals surface area contributed by atoms with Crippen LogP contribution in [0.1, 0.15) is 0 Å². The van der Waals surface area contributed by atoms with Gasteiger partial charge in [-0.1, -0.05) is 0 Å². The van der Waals surface area contributed by atoms with Gasteiger partial charge >= 0.3 is 0 Å². The zero-order chi connectivity index (χ0) is 8.39. The topological polar surface area (TPSA) is 67.7 Å². The zero-order valence-corrected chi connectivity index (χ0v) is 6.29. The van der Waals surface area contributed by atoms with E-state index >= 15 is 0 Å². The zero-order valence-electron chi connectivity index (χ0n) is 6.29. The molecule has 0 radical (unpaired) electrons. The number of hydrogen-bond acceptors (Lipinski definition) is 5. The Morgan fingerprint density at radius 3 is 3.17 bits per heavy atom. The predicted octanol–water partition coefficient (Wildman–Crippen LogP) is 0.321. The first-order chi connectivity index (χ1) is 5.88. The fourth-order valence-electron chi connectivity index (χ4n) is 0.969. The summed E-state index contributed by atoms with van der Waals surface area (Å²) in [6, 6.07) is 0. The lowest BCUT2D eigenvalue weighted by molar-refractivity contribution is 0.531. The first kappa shape index (κ1) is 7.05. The summed E-state index contributed by atoms with van der Waals surface area (Å²) in [6.45, 7) is 0. The SMILES string of the molecule is NC1N=CC=CN1c1cnco1. The minimum atomic E-state index is -0.414. The summed E-state index contributed by atoms with van der Waals surface area (Å²) in [4.78, 5) is 9.44. The third-order valence-corrected chi connectivity index (χ3v) is 1.53. The first-order valence-corrected chi connectivity index (χ1v) is 3.50. The number of rotatable bonds is 1. The molecule has 0 amide bonds. The Balaban J connectivity index is 2.25. The van der Waals surface area contributed by atoms with Crippen LogP contribution in [0, 0.1) is 0 Å². The predicted molar refractivity (Wildman–Crippen MR) is 44.6 cm³/mol. The van der Waals surface area contributed by atoms with Gasteiger partial charge in [0.1, 0.15) is 0 Å². The minimum Gasteiger partial charge on any atom is -0.427 e. The summed E-state index contributed by atoms with van der Waals surface area (Å²) < 4.78 is 5.05. The van der Waals surface area contributed by atoms with Crippen molar-refractivity contribution in [3.05, 3.63) is 24.9 Å². The van der Waals surface area contributed by atoms with Gasteiger partial charge < -0.3 is 4.42 Å². The molecule has 2 heterocycles. The van der Waals surface area contributed by atoms with Crippen LogP contribution in [0.2, 0.25) is 0 Å². The number of anilines is 1. The molecule has 1 aromatic heterocycles. The molecule has 0 saturated heterocycles. The van der Waals surface area contributed by atoms with E-state index in [9.17, 15) is 0 Å². The van der Waals surface area contributed by atoms with Crippen LogP contribution < -0.4 is 10.6 Å². The van der Waals surface area contributed by atoms with Gasteiger partial charge in [-0.25, -0.2) is 4.98 Å². The van der Waals surface area contributed by atoms with Crippen molar-refractivity contribution >= 4 is 12.1 Å². The van der Waals surface area contributed by atoms with Crippen LogP contribution in [0.3, 0.4) is 0 Å². The van der Waals surface area contributed by atoms with E-state index in [0.717, 1.165) is 0 Å². The number of nitrogens with two attached hydrogens (primary N) is 1. The average Bonchev–Trinajstić information content (AvgIpc) is 2.57. The van der Waals surface area contributed by atoms with Crippen molar-refractivity contribution in [2.24, 2.45) is 10.7 Å². The summed E-state index contributed by atoms with van der Waals surface area (Å²) in [6.07, 6.45) is 7.75. The van der Waals surface area contributed by atoms with Crippen molar-refractivity contribution in [1.29, 1.82) is 0 Å². The molecule has 5 heteroatoms. The molecule has 0 spiro atoms. The van der Waals surface area contributed by atoms with Crippen LogP contribution in [-0.2, 0) is 0 Å². The number of nitrogens with zero attached hydrogens (tertiary/aromatic N) is 3. The Morgan fingerprint density at radius 2 is 2.50 bits per heavy atom. The van der Waals surface area contributed by atoms with Gasteiger partial charge in [-0.15, -0.1) is 0 Å². The number of aromatic nitrogens is 1. The Morgan fingerprint density at radius 1 is 1.58 bits per heavy atom. The molecule has 0 saturated carbocycles. The highest BCUT2D eigenvalue weighted by Crippen LogP contribution is 2.16. The lowest BCUT2D eigenvalue weighted by Gasteiger charge is -2.22. The second-order valence-electron chi connectivity index (χ2n) is 2.30. The van der Waals surface area contributed by atoms with Crippen molar-refractivity contribution < 1.29 is 4.42 Å². The number of aliphatic imine (C=N–C) groups is 1. The molecule has 1 unspecified atom stereocenters. The largest absolute Gasteiger partial charge is 0.427 e. The molecule has 0 fully saturated rings. The monoisotopic (exact) mass is 164 g/mol. The van der Waals surface area contributed by atoms with E-state index < -0.39 is 6.29 Å². The maximum absolute atomic E-state index is 5.66. The van der Waals surface area contributed by atoms with E-state index in [-0.39, 0.29) is 0 Å². The van der Waals surface area contributed by atoms with Gasteiger partial charge in [-0.2, -0.15) is 0 Å². The number of allylic oxidation sites excluding steroid dienone is 1. The molecule has 0 aliphatic carbocycles. The van der Waals surface area contributed by atoms with Crippen LogP contribution in [0.5, 0.6) is 0 Å². The van der Waals surface area contributed by atoms with E-state index in [2.05, 4.69) is 9.98 Å². The third-order valence-electron chi connectivity index (χ3n) is 1.53. The molecule has 0 bridgehead atoms. The quantitative estimate of drug-likeness (QED) is 0.649. The second-order valence-corrected chi connectivity index (χ2v) is 2.30. The lowest BCUT2D eigenvalue weighted by atomic mass is 10.5. The Bertz CT molecular complexity index is 303. The molecule has 2 rings (SSSR count). The average molecular weight is 164 g/mol. The van der Waals surface area contributed by atoms with Crippen molar-refractivity contribution in [1.82, 2.24) is 4.98 Å². The summed E-state index contributed by atoms with van der Waals surface area (Å²) in [5, 5.41) is 0. The fourth-order valence-corrected chi connectivity index (χ4v) is 0.969. The molecule has 2 N–H and O–H groups in total. The van der Waals surface area contributed by atoms with Crippen LogP contribution in [-0.4, -0.2) is 17.5 Å². The van der Waals surface area contributed by atoms with E-state index in [1.807, 2.05) is 0 Å². The van der Waals surface area contributed by atoms with E-state index in [1.54, 1.807) is 29.6 Å². The van der Waals surface area contributed by atoms with Crippen molar-refractivity contribution in [3.8, 4) is 0 Å². The van der Waals surface area contributed by atoms with Gasteiger partial charge in [0.2, 0.25) is 5.88 Å². The Kier molecular flexibility index (Phi) is 1.64. The minimum absolute atomic E-state index is 0.414. The van der Waals surface area contributed by atoms with Crippen LogP contribution in [0.15, 0.2) is 34.3 Å². The van der Waals surface area contributed by atoms with Gasteiger partial charge in [-0.05, 0) is 6.08 Å². The maximum atomic E-state index is 5.66. The molecule has 62 valence electrons. The molecule has 1 atom stereocenters.